The number of amides is 1. The van der Waals surface area contributed by atoms with Crippen molar-refractivity contribution in [3.8, 4) is 5.75 Å². The number of nitrogens with one attached hydrogen (secondary N) is 1. The van der Waals surface area contributed by atoms with E-state index in [9.17, 15) is 4.79 Å². The highest BCUT2D eigenvalue weighted by atomic mass is 16.5. The van der Waals surface area contributed by atoms with Gasteiger partial charge in [-0.3, -0.25) is 4.79 Å². The summed E-state index contributed by atoms with van der Waals surface area (Å²) in [6.45, 7) is 3.55. The first-order valence-corrected chi connectivity index (χ1v) is 9.87. The van der Waals surface area contributed by atoms with Crippen LogP contribution in [0, 0.1) is 5.92 Å². The van der Waals surface area contributed by atoms with Crippen LogP contribution in [0.15, 0.2) is 24.3 Å². The summed E-state index contributed by atoms with van der Waals surface area (Å²) in [5, 5.41) is 3.24. The van der Waals surface area contributed by atoms with Gasteiger partial charge in [0.15, 0.2) is 0 Å². The van der Waals surface area contributed by atoms with Crippen LogP contribution < -0.4 is 10.1 Å². The molecule has 3 rings (SSSR count). The molecule has 1 aliphatic heterocycles. The summed E-state index contributed by atoms with van der Waals surface area (Å²) in [7, 11) is 1.67. The molecule has 1 aromatic carbocycles. The van der Waals surface area contributed by atoms with Crippen LogP contribution in [0.3, 0.4) is 0 Å². The monoisotopic (exact) mass is 344 g/mol. The molecule has 1 heterocycles. The molecule has 0 aromatic heterocycles. The Kier molecular flexibility index (Phi) is 6.74. The summed E-state index contributed by atoms with van der Waals surface area (Å²) >= 11 is 0. The molecule has 0 spiro atoms. The molecule has 4 heteroatoms. The Morgan fingerprint density at radius 3 is 2.44 bits per heavy atom. The van der Waals surface area contributed by atoms with Crippen LogP contribution in [0.1, 0.15) is 50.5 Å². The van der Waals surface area contributed by atoms with Crippen molar-refractivity contribution >= 4 is 5.91 Å². The van der Waals surface area contributed by atoms with E-state index in [0.29, 0.717) is 12.5 Å². The minimum absolute atomic E-state index is 0.185. The van der Waals surface area contributed by atoms with E-state index < -0.39 is 0 Å². The van der Waals surface area contributed by atoms with E-state index in [-0.39, 0.29) is 5.91 Å². The van der Waals surface area contributed by atoms with E-state index in [0.717, 1.165) is 44.0 Å². The number of methoxy groups -OCH3 is 1. The number of likely N-dealkylation sites (tertiary alicyclic amines) is 1. The van der Waals surface area contributed by atoms with Gasteiger partial charge in [-0.05, 0) is 55.7 Å². The Hall–Kier alpha value is -1.55. The molecule has 1 saturated heterocycles. The fourth-order valence-electron chi connectivity index (χ4n) is 4.17. The number of ether oxygens (including phenoxy) is 1. The van der Waals surface area contributed by atoms with E-state index in [1.807, 2.05) is 24.3 Å². The highest BCUT2D eigenvalue weighted by Gasteiger charge is 2.24. The molecule has 1 aliphatic carbocycles. The van der Waals surface area contributed by atoms with Crippen molar-refractivity contribution in [1.29, 1.82) is 0 Å². The van der Waals surface area contributed by atoms with Gasteiger partial charge in [0, 0.05) is 32.1 Å². The van der Waals surface area contributed by atoms with Crippen molar-refractivity contribution in [2.75, 3.05) is 26.7 Å². The summed E-state index contributed by atoms with van der Waals surface area (Å²) < 4.78 is 5.16. The lowest BCUT2D eigenvalue weighted by Gasteiger charge is -2.33. The number of carbonyl (C=O) groups is 1. The van der Waals surface area contributed by atoms with Crippen LogP contribution in [0.4, 0.5) is 0 Å². The van der Waals surface area contributed by atoms with Crippen LogP contribution in [0.2, 0.25) is 0 Å². The highest BCUT2D eigenvalue weighted by Crippen LogP contribution is 2.26. The minimum atomic E-state index is 0.185. The normalized spacial score (nSPS) is 19.9. The molecule has 0 bridgehead atoms. The molecule has 0 unspecified atom stereocenters. The third kappa shape index (κ3) is 5.74. The Morgan fingerprint density at radius 2 is 1.80 bits per heavy atom. The molecule has 0 atom stereocenters. The van der Waals surface area contributed by atoms with Crippen LogP contribution in [-0.2, 0) is 11.2 Å². The third-order valence-corrected chi connectivity index (χ3v) is 5.74. The molecule has 1 amide bonds. The lowest BCUT2D eigenvalue weighted by atomic mass is 10.0. The van der Waals surface area contributed by atoms with Gasteiger partial charge in [0.2, 0.25) is 5.91 Å². The second kappa shape index (κ2) is 9.23. The molecule has 0 radical (unpaired) electrons. The third-order valence-electron chi connectivity index (χ3n) is 5.74. The SMILES string of the molecule is COc1ccc(CCC(=O)NC2CCN(CC3CCCC3)CC2)cc1. The van der Waals surface area contributed by atoms with Gasteiger partial charge in [-0.15, -0.1) is 0 Å². The van der Waals surface area contributed by atoms with Crippen molar-refractivity contribution in [1.82, 2.24) is 10.2 Å². The van der Waals surface area contributed by atoms with Crippen molar-refractivity contribution in [2.24, 2.45) is 5.92 Å². The topological polar surface area (TPSA) is 41.6 Å². The van der Waals surface area contributed by atoms with Crippen molar-refractivity contribution < 1.29 is 9.53 Å². The summed E-state index contributed by atoms with van der Waals surface area (Å²) in [6.07, 6.45) is 9.23. The number of carbonyl (C=O) groups excluding carboxylic acids is 1. The first kappa shape index (κ1) is 18.2. The maximum atomic E-state index is 12.2. The molecule has 1 saturated carbocycles. The van der Waals surface area contributed by atoms with E-state index in [1.165, 1.54) is 37.8 Å². The van der Waals surface area contributed by atoms with Crippen molar-refractivity contribution in [3.05, 3.63) is 29.8 Å². The van der Waals surface area contributed by atoms with Crippen molar-refractivity contribution in [3.63, 3.8) is 0 Å². The molecule has 25 heavy (non-hydrogen) atoms. The predicted octanol–water partition coefficient (Wildman–Crippen LogP) is 3.40. The molecule has 138 valence electrons. The maximum absolute atomic E-state index is 12.2. The van der Waals surface area contributed by atoms with Gasteiger partial charge in [-0.25, -0.2) is 0 Å². The molecule has 4 nitrogen and oxygen atoms in total. The fraction of sp³-hybridized carbons (Fsp3) is 0.667. The van der Waals surface area contributed by atoms with Gasteiger partial charge in [-0.2, -0.15) is 0 Å². The molecule has 2 fully saturated rings. The van der Waals surface area contributed by atoms with E-state index in [1.54, 1.807) is 7.11 Å². The number of aryl methyl sites for hydroxylation is 1. The zero-order valence-electron chi connectivity index (χ0n) is 15.5. The zero-order valence-corrected chi connectivity index (χ0v) is 15.5. The lowest BCUT2D eigenvalue weighted by molar-refractivity contribution is -0.122. The minimum Gasteiger partial charge on any atom is -0.497 e. The van der Waals surface area contributed by atoms with E-state index in [4.69, 9.17) is 4.74 Å². The van der Waals surface area contributed by atoms with Gasteiger partial charge in [0.25, 0.3) is 0 Å². The van der Waals surface area contributed by atoms with E-state index in [2.05, 4.69) is 10.2 Å². The first-order chi connectivity index (χ1) is 12.2. The van der Waals surface area contributed by atoms with Crippen LogP contribution in [-0.4, -0.2) is 43.6 Å². The van der Waals surface area contributed by atoms with Gasteiger partial charge >= 0.3 is 0 Å². The Morgan fingerprint density at radius 1 is 1.12 bits per heavy atom. The summed E-state index contributed by atoms with van der Waals surface area (Å²) in [5.41, 5.74) is 1.18. The second-order valence-electron chi connectivity index (χ2n) is 7.64. The maximum Gasteiger partial charge on any atom is 0.220 e. The van der Waals surface area contributed by atoms with Gasteiger partial charge in [-0.1, -0.05) is 25.0 Å². The van der Waals surface area contributed by atoms with Gasteiger partial charge in [0.1, 0.15) is 5.75 Å². The fourth-order valence-corrected chi connectivity index (χ4v) is 4.17. The summed E-state index contributed by atoms with van der Waals surface area (Å²) in [6, 6.07) is 8.34. The van der Waals surface area contributed by atoms with Crippen molar-refractivity contribution in [2.45, 2.75) is 57.4 Å². The van der Waals surface area contributed by atoms with Crippen LogP contribution >= 0.6 is 0 Å². The zero-order chi connectivity index (χ0) is 17.5. The first-order valence-electron chi connectivity index (χ1n) is 9.87. The standard InChI is InChI=1S/C21H32N2O2/c1-25-20-9-6-17(7-10-20)8-11-21(24)22-19-12-14-23(15-13-19)16-18-4-2-3-5-18/h6-7,9-10,18-19H,2-5,8,11-16H2,1H3,(H,22,24). The second-order valence-corrected chi connectivity index (χ2v) is 7.64. The Labute approximate surface area is 151 Å². The van der Waals surface area contributed by atoms with Crippen LogP contribution in [0.25, 0.3) is 0 Å². The Bertz CT molecular complexity index is 529. The Balaban J connectivity index is 1.33. The average Bonchev–Trinajstić information content (AvgIpc) is 3.15. The van der Waals surface area contributed by atoms with Gasteiger partial charge < -0.3 is 15.0 Å². The van der Waals surface area contributed by atoms with E-state index >= 15 is 0 Å². The molecule has 1 N–H and O–H groups in total. The summed E-state index contributed by atoms with van der Waals surface area (Å²) in [4.78, 5) is 14.8. The molecular formula is C21H32N2O2. The smallest absolute Gasteiger partial charge is 0.220 e. The number of hydrogen-bond acceptors (Lipinski definition) is 3. The number of benzene rings is 1. The summed E-state index contributed by atoms with van der Waals surface area (Å²) in [5.74, 6) is 1.97. The van der Waals surface area contributed by atoms with Crippen LogP contribution in [0.5, 0.6) is 5.75 Å². The molecule has 2 aliphatic rings. The number of rotatable bonds is 7. The number of hydrogen-bond donors (Lipinski definition) is 1. The van der Waals surface area contributed by atoms with Gasteiger partial charge in [0.05, 0.1) is 7.11 Å². The number of nitrogens with zero attached hydrogens (tertiary/aromatic N) is 1. The lowest BCUT2D eigenvalue weighted by Crippen LogP contribution is -2.45. The molecule has 1 aromatic rings. The molecular weight excluding hydrogens is 312 g/mol. The highest BCUT2D eigenvalue weighted by molar-refractivity contribution is 5.76. The predicted molar refractivity (Wildman–Crippen MR) is 101 cm³/mol. The quantitative estimate of drug-likeness (QED) is 0.824. The number of piperidine rings is 1. The average molecular weight is 344 g/mol. The largest absolute Gasteiger partial charge is 0.497 e.